The van der Waals surface area contributed by atoms with Gasteiger partial charge in [-0.3, -0.25) is 4.79 Å². The predicted molar refractivity (Wildman–Crippen MR) is 120 cm³/mol. The molecule has 3 aliphatic heterocycles. The van der Waals surface area contributed by atoms with E-state index >= 15 is 0 Å². The van der Waals surface area contributed by atoms with E-state index in [-0.39, 0.29) is 49.1 Å². The van der Waals surface area contributed by atoms with Crippen LogP contribution >= 0.6 is 0 Å². The Morgan fingerprint density at radius 2 is 1.94 bits per heavy atom. The minimum absolute atomic E-state index is 0.00645. The molecule has 9 heteroatoms. The monoisotopic (exact) mass is 459 g/mol. The van der Waals surface area contributed by atoms with Gasteiger partial charge in [0.25, 0.3) is 0 Å². The van der Waals surface area contributed by atoms with Crippen molar-refractivity contribution >= 4 is 17.6 Å². The first-order valence-corrected chi connectivity index (χ1v) is 12.1. The number of aliphatic hydroxyl groups excluding tert-OH is 1. The third kappa shape index (κ3) is 4.95. The van der Waals surface area contributed by atoms with Crippen LogP contribution in [0.3, 0.4) is 0 Å². The number of anilines is 1. The number of benzene rings is 1. The Labute approximate surface area is 193 Å². The number of ether oxygens (including phenoxy) is 3. The van der Waals surface area contributed by atoms with Crippen molar-refractivity contribution in [3.8, 4) is 5.75 Å². The Balaban J connectivity index is 1.26. The fourth-order valence-electron chi connectivity index (χ4n) is 5.53. The summed E-state index contributed by atoms with van der Waals surface area (Å²) in [7, 11) is 0. The van der Waals surface area contributed by atoms with E-state index in [0.717, 1.165) is 37.0 Å². The fraction of sp³-hybridized carbons (Fsp3) is 0.667. The number of carbonyl (C=O) groups excluding carboxylic acids is 2. The van der Waals surface area contributed by atoms with Crippen LogP contribution in [-0.2, 0) is 14.3 Å². The molecule has 5 rings (SSSR count). The second-order valence-electron chi connectivity index (χ2n) is 9.43. The first kappa shape index (κ1) is 22.4. The number of rotatable bonds is 5. The molecule has 3 heterocycles. The molecular formula is C24H33N3O6. The molecule has 4 aliphatic rings. The van der Waals surface area contributed by atoms with Crippen molar-refractivity contribution in [3.63, 3.8) is 0 Å². The van der Waals surface area contributed by atoms with Crippen molar-refractivity contribution < 1.29 is 28.9 Å². The summed E-state index contributed by atoms with van der Waals surface area (Å²) >= 11 is 0. The lowest BCUT2D eigenvalue weighted by Gasteiger charge is -2.38. The molecule has 3 amide bonds. The molecule has 180 valence electrons. The zero-order valence-corrected chi connectivity index (χ0v) is 18.8. The van der Waals surface area contributed by atoms with E-state index in [1.165, 1.54) is 0 Å². The number of aliphatic hydroxyl groups is 1. The summed E-state index contributed by atoms with van der Waals surface area (Å²) in [6, 6.07) is 5.71. The average molecular weight is 460 g/mol. The van der Waals surface area contributed by atoms with Crippen molar-refractivity contribution in [2.45, 2.75) is 68.8 Å². The third-order valence-electron chi connectivity index (χ3n) is 7.21. The smallest absolute Gasteiger partial charge is 0.319 e. The van der Waals surface area contributed by atoms with Crippen molar-refractivity contribution in [3.05, 3.63) is 23.8 Å². The Kier molecular flexibility index (Phi) is 6.71. The number of urea groups is 1. The summed E-state index contributed by atoms with van der Waals surface area (Å²) in [5, 5.41) is 15.9. The van der Waals surface area contributed by atoms with E-state index in [1.807, 2.05) is 23.1 Å². The first-order chi connectivity index (χ1) is 16.1. The Hall–Kier alpha value is -2.36. The maximum Gasteiger partial charge on any atom is 0.319 e. The Morgan fingerprint density at radius 1 is 1.15 bits per heavy atom. The number of nitrogens with zero attached hydrogens (tertiary/aromatic N) is 1. The zero-order chi connectivity index (χ0) is 22.8. The molecule has 0 aromatic heterocycles. The highest BCUT2D eigenvalue weighted by molar-refractivity contribution is 5.89. The second-order valence-corrected chi connectivity index (χ2v) is 9.43. The van der Waals surface area contributed by atoms with Crippen molar-refractivity contribution in [1.29, 1.82) is 0 Å². The van der Waals surface area contributed by atoms with Crippen LogP contribution in [0.15, 0.2) is 18.2 Å². The largest absolute Gasteiger partial charge is 0.487 e. The van der Waals surface area contributed by atoms with Gasteiger partial charge < -0.3 is 34.9 Å². The molecule has 4 atom stereocenters. The van der Waals surface area contributed by atoms with Gasteiger partial charge in [0.1, 0.15) is 18.0 Å². The van der Waals surface area contributed by atoms with Gasteiger partial charge in [-0.1, -0.05) is 12.8 Å². The number of fused-ring (bicyclic) bond motifs is 3. The third-order valence-corrected chi connectivity index (χ3v) is 7.21. The summed E-state index contributed by atoms with van der Waals surface area (Å²) in [5.74, 6) is 0.790. The van der Waals surface area contributed by atoms with Crippen molar-refractivity contribution in [2.24, 2.45) is 0 Å². The van der Waals surface area contributed by atoms with E-state index in [0.29, 0.717) is 38.4 Å². The maximum absolute atomic E-state index is 12.8. The van der Waals surface area contributed by atoms with Gasteiger partial charge >= 0.3 is 6.03 Å². The molecule has 1 saturated carbocycles. The normalized spacial score (nSPS) is 29.2. The van der Waals surface area contributed by atoms with Crippen LogP contribution in [0.1, 0.15) is 50.0 Å². The van der Waals surface area contributed by atoms with Crippen LogP contribution in [-0.4, -0.2) is 79.2 Å². The molecule has 9 nitrogen and oxygen atoms in total. The molecule has 33 heavy (non-hydrogen) atoms. The lowest BCUT2D eigenvalue weighted by atomic mass is 9.84. The molecule has 1 aromatic carbocycles. The molecule has 3 N–H and O–H groups in total. The van der Waals surface area contributed by atoms with Gasteiger partial charge in [0, 0.05) is 36.3 Å². The molecule has 2 saturated heterocycles. The van der Waals surface area contributed by atoms with Crippen LogP contribution in [0.4, 0.5) is 10.5 Å². The Bertz CT molecular complexity index is 868. The molecule has 3 fully saturated rings. The highest BCUT2D eigenvalue weighted by Gasteiger charge is 2.46. The van der Waals surface area contributed by atoms with E-state index < -0.39 is 6.10 Å². The molecular weight excluding hydrogens is 426 g/mol. The summed E-state index contributed by atoms with van der Waals surface area (Å²) in [6.07, 6.45) is 4.18. The minimum atomic E-state index is -0.499. The van der Waals surface area contributed by atoms with E-state index in [9.17, 15) is 14.7 Å². The topological polar surface area (TPSA) is 109 Å². The molecule has 1 aliphatic carbocycles. The summed E-state index contributed by atoms with van der Waals surface area (Å²) in [4.78, 5) is 27.0. The summed E-state index contributed by atoms with van der Waals surface area (Å²) in [5.41, 5.74) is 1.70. The van der Waals surface area contributed by atoms with Crippen molar-refractivity contribution in [1.82, 2.24) is 10.2 Å². The average Bonchev–Trinajstić information content (AvgIpc) is 3.46. The van der Waals surface area contributed by atoms with Crippen LogP contribution in [0.2, 0.25) is 0 Å². The first-order valence-electron chi connectivity index (χ1n) is 12.1. The number of hydrogen-bond acceptors (Lipinski definition) is 6. The van der Waals surface area contributed by atoms with Gasteiger partial charge in [-0.2, -0.15) is 0 Å². The number of carbonyl (C=O) groups is 2. The van der Waals surface area contributed by atoms with Gasteiger partial charge in [0.05, 0.1) is 32.3 Å². The molecule has 1 aromatic rings. The SMILES string of the molecule is O=C(Nc1ccc2c(c1)[C@@H]1C[C@H](CC(=O)N3CCOCC3)O[C@H](CO)[C@@H]1O2)NC1CCCC1. The van der Waals surface area contributed by atoms with Crippen LogP contribution < -0.4 is 15.4 Å². The predicted octanol–water partition coefficient (Wildman–Crippen LogP) is 1.99. The van der Waals surface area contributed by atoms with Gasteiger partial charge in [-0.25, -0.2) is 4.79 Å². The number of nitrogens with one attached hydrogen (secondary N) is 2. The lowest BCUT2D eigenvalue weighted by molar-refractivity contribution is -0.151. The van der Waals surface area contributed by atoms with Gasteiger partial charge in [-0.05, 0) is 37.5 Å². The van der Waals surface area contributed by atoms with Crippen LogP contribution in [0.25, 0.3) is 0 Å². The van der Waals surface area contributed by atoms with Crippen molar-refractivity contribution in [2.75, 3.05) is 38.2 Å². The maximum atomic E-state index is 12.8. The molecule has 0 radical (unpaired) electrons. The molecule has 0 unspecified atom stereocenters. The highest BCUT2D eigenvalue weighted by atomic mass is 16.6. The van der Waals surface area contributed by atoms with Gasteiger partial charge in [-0.15, -0.1) is 0 Å². The van der Waals surface area contributed by atoms with E-state index in [4.69, 9.17) is 14.2 Å². The molecule has 0 spiro atoms. The Morgan fingerprint density at radius 3 is 2.70 bits per heavy atom. The minimum Gasteiger partial charge on any atom is -0.487 e. The number of hydrogen-bond donors (Lipinski definition) is 3. The van der Waals surface area contributed by atoms with E-state index in [2.05, 4.69) is 10.6 Å². The lowest BCUT2D eigenvalue weighted by Crippen LogP contribution is -2.48. The van der Waals surface area contributed by atoms with E-state index in [1.54, 1.807) is 0 Å². The van der Waals surface area contributed by atoms with Crippen LogP contribution in [0.5, 0.6) is 5.75 Å². The number of amides is 3. The van der Waals surface area contributed by atoms with Gasteiger partial charge in [0.15, 0.2) is 0 Å². The van der Waals surface area contributed by atoms with Gasteiger partial charge in [0.2, 0.25) is 5.91 Å². The fourth-order valence-corrected chi connectivity index (χ4v) is 5.53. The summed E-state index contributed by atoms with van der Waals surface area (Å²) in [6.45, 7) is 2.15. The number of morpholine rings is 1. The molecule has 0 bridgehead atoms. The quantitative estimate of drug-likeness (QED) is 0.621. The standard InChI is InChI=1S/C24H33N3O6/c28-14-21-23-19(12-17(32-21)13-22(29)27-7-9-31-10-8-27)18-11-16(5-6-20(18)33-23)26-24(30)25-15-3-1-2-4-15/h5-6,11,15,17,19,21,23,28H,1-4,7-10,12-14H2,(H2,25,26,30)/t17-,19+,21-,23-/m1/s1. The summed E-state index contributed by atoms with van der Waals surface area (Å²) < 4.78 is 17.5. The zero-order valence-electron chi connectivity index (χ0n) is 18.8. The highest BCUT2D eigenvalue weighted by Crippen LogP contribution is 2.47. The van der Waals surface area contributed by atoms with Crippen LogP contribution in [0, 0.1) is 0 Å². The second kappa shape index (κ2) is 9.87.